The Morgan fingerprint density at radius 1 is 1.07 bits per heavy atom. The Balaban J connectivity index is 1.71. The summed E-state index contributed by atoms with van der Waals surface area (Å²) in [6.07, 6.45) is 1.89. The van der Waals surface area contributed by atoms with Gasteiger partial charge in [-0.25, -0.2) is 0 Å². The van der Waals surface area contributed by atoms with E-state index in [4.69, 9.17) is 39.8 Å². The first kappa shape index (κ1) is 19.4. The molecule has 1 aliphatic carbocycles. The van der Waals surface area contributed by atoms with Crippen LogP contribution >= 0.6 is 35.4 Å². The van der Waals surface area contributed by atoms with Crippen LogP contribution in [-0.2, 0) is 4.79 Å². The number of aromatic amines is 2. The number of allylic oxidation sites excluding steroid dienone is 2. The van der Waals surface area contributed by atoms with Gasteiger partial charge in [0.15, 0.2) is 10.6 Å². The fourth-order valence-electron chi connectivity index (χ4n) is 4.12. The molecular weight excluding hydrogens is 445 g/mol. The lowest BCUT2D eigenvalue weighted by molar-refractivity contribution is -0.116. The number of Topliss-reactive ketones (excluding diaryl/α,β-unsaturated/α-hetero) is 1. The van der Waals surface area contributed by atoms with Crippen molar-refractivity contribution in [2.45, 2.75) is 25.2 Å². The van der Waals surface area contributed by atoms with E-state index in [1.165, 1.54) is 0 Å². The third kappa shape index (κ3) is 3.14. The normalized spacial score (nSPS) is 18.1. The monoisotopic (exact) mass is 459 g/mol. The number of halogens is 2. The summed E-state index contributed by atoms with van der Waals surface area (Å²) in [4.78, 5) is 31.3. The molecule has 0 spiro atoms. The largest absolute Gasteiger partial charge is 0.460 e. The van der Waals surface area contributed by atoms with Crippen molar-refractivity contribution in [3.63, 3.8) is 0 Å². The molecule has 9 heteroatoms. The lowest BCUT2D eigenvalue weighted by Gasteiger charge is -2.31. The molecule has 3 N–H and O–H groups in total. The molecule has 1 aromatic carbocycles. The summed E-state index contributed by atoms with van der Waals surface area (Å²) >= 11 is 17.6. The molecule has 2 aromatic heterocycles. The van der Waals surface area contributed by atoms with Crippen LogP contribution in [0.5, 0.6) is 0 Å². The highest BCUT2D eigenvalue weighted by Gasteiger charge is 2.39. The fourth-order valence-corrected chi connectivity index (χ4v) is 4.69. The van der Waals surface area contributed by atoms with Crippen LogP contribution in [0, 0.1) is 4.77 Å². The van der Waals surface area contributed by atoms with Gasteiger partial charge in [-0.3, -0.25) is 14.6 Å². The predicted octanol–water partition coefficient (Wildman–Crippen LogP) is 5.56. The van der Waals surface area contributed by atoms with Gasteiger partial charge in [-0.1, -0.05) is 23.2 Å². The number of ketones is 1. The van der Waals surface area contributed by atoms with Crippen LogP contribution in [0.25, 0.3) is 11.3 Å². The molecule has 3 aromatic rings. The molecule has 1 atom stereocenters. The van der Waals surface area contributed by atoms with Crippen LogP contribution in [0.1, 0.15) is 36.5 Å². The summed E-state index contributed by atoms with van der Waals surface area (Å²) in [5.41, 5.74) is 1.99. The second-order valence-corrected chi connectivity index (χ2v) is 8.50. The van der Waals surface area contributed by atoms with Crippen LogP contribution in [0.15, 0.2) is 50.8 Å². The molecule has 0 amide bonds. The highest BCUT2D eigenvalue weighted by molar-refractivity contribution is 7.71. The number of fused-ring (bicyclic) bond motifs is 1. The van der Waals surface area contributed by atoms with Gasteiger partial charge in [0.25, 0.3) is 5.56 Å². The van der Waals surface area contributed by atoms with Crippen molar-refractivity contribution >= 4 is 47.0 Å². The van der Waals surface area contributed by atoms with Crippen LogP contribution in [-0.4, -0.2) is 15.8 Å². The number of furan rings is 1. The molecule has 152 valence electrons. The van der Waals surface area contributed by atoms with Crippen molar-refractivity contribution in [3.05, 3.63) is 78.1 Å². The molecule has 0 fully saturated rings. The Kier molecular flexibility index (Phi) is 4.69. The molecule has 5 rings (SSSR count). The molecular formula is C21H15Cl2N3O3S. The van der Waals surface area contributed by atoms with Crippen molar-refractivity contribution in [3.8, 4) is 11.3 Å². The number of benzene rings is 1. The standard InChI is InChI=1S/C21H15Cl2N3O3S/c22-9-4-5-11(23)10(8-9)14-6-7-15(29-14)17-16-12(2-1-3-13(16)27)24-19-18(17)20(28)26-21(30)25-19/h4-8,17H,1-3H2,(H3,24,25,26,28,30). The minimum atomic E-state index is -0.647. The SMILES string of the molecule is O=C1CCCC2=C1C(c1ccc(-c3cc(Cl)ccc3Cl)o1)c1c([nH]c(=S)[nH]c1=O)N2. The maximum Gasteiger partial charge on any atom is 0.258 e. The average molecular weight is 460 g/mol. The van der Waals surface area contributed by atoms with Gasteiger partial charge in [0.1, 0.15) is 17.3 Å². The minimum Gasteiger partial charge on any atom is -0.460 e. The smallest absolute Gasteiger partial charge is 0.258 e. The third-order valence-corrected chi connectivity index (χ3v) is 6.16. The highest BCUT2D eigenvalue weighted by atomic mass is 35.5. The summed E-state index contributed by atoms with van der Waals surface area (Å²) < 4.78 is 6.34. The van der Waals surface area contributed by atoms with Crippen LogP contribution < -0.4 is 10.9 Å². The van der Waals surface area contributed by atoms with E-state index in [9.17, 15) is 9.59 Å². The van der Waals surface area contributed by atoms with Crippen molar-refractivity contribution in [1.82, 2.24) is 9.97 Å². The van der Waals surface area contributed by atoms with Crippen LogP contribution in [0.2, 0.25) is 10.0 Å². The predicted molar refractivity (Wildman–Crippen MR) is 118 cm³/mol. The van der Waals surface area contributed by atoms with Gasteiger partial charge in [-0.15, -0.1) is 0 Å². The molecule has 30 heavy (non-hydrogen) atoms. The number of hydrogen-bond donors (Lipinski definition) is 3. The van der Waals surface area contributed by atoms with Gasteiger partial charge < -0.3 is 14.7 Å². The van der Waals surface area contributed by atoms with E-state index in [1.54, 1.807) is 30.3 Å². The first-order valence-electron chi connectivity index (χ1n) is 9.37. The van der Waals surface area contributed by atoms with E-state index in [0.717, 1.165) is 12.1 Å². The van der Waals surface area contributed by atoms with E-state index >= 15 is 0 Å². The molecule has 0 saturated carbocycles. The Bertz CT molecular complexity index is 1350. The number of carbonyl (C=O) groups is 1. The first-order valence-corrected chi connectivity index (χ1v) is 10.5. The lowest BCUT2D eigenvalue weighted by Crippen LogP contribution is -2.32. The van der Waals surface area contributed by atoms with Gasteiger partial charge >= 0.3 is 0 Å². The van der Waals surface area contributed by atoms with Crippen molar-refractivity contribution in [2.75, 3.05) is 5.32 Å². The average Bonchev–Trinajstić information content (AvgIpc) is 3.18. The molecule has 3 heterocycles. The quantitative estimate of drug-likeness (QED) is 0.436. The van der Waals surface area contributed by atoms with Crippen molar-refractivity contribution in [2.24, 2.45) is 0 Å². The maximum absolute atomic E-state index is 12.9. The summed E-state index contributed by atoms with van der Waals surface area (Å²) in [6, 6.07) is 8.63. The van der Waals surface area contributed by atoms with Gasteiger partial charge in [0.2, 0.25) is 0 Å². The van der Waals surface area contributed by atoms with E-state index in [1.807, 2.05) is 0 Å². The van der Waals surface area contributed by atoms with Crippen LogP contribution in [0.3, 0.4) is 0 Å². The number of anilines is 1. The van der Waals surface area contributed by atoms with Gasteiger partial charge in [0, 0.05) is 28.3 Å². The van der Waals surface area contributed by atoms with Crippen molar-refractivity contribution < 1.29 is 9.21 Å². The second-order valence-electron chi connectivity index (χ2n) is 7.25. The Morgan fingerprint density at radius 2 is 1.90 bits per heavy atom. The zero-order valence-electron chi connectivity index (χ0n) is 15.5. The second kappa shape index (κ2) is 7.27. The number of H-pyrrole nitrogens is 2. The molecule has 0 bridgehead atoms. The number of hydrogen-bond acceptors (Lipinski definition) is 5. The third-order valence-electron chi connectivity index (χ3n) is 5.39. The molecule has 0 radical (unpaired) electrons. The van der Waals surface area contributed by atoms with E-state index in [2.05, 4.69) is 15.3 Å². The summed E-state index contributed by atoms with van der Waals surface area (Å²) in [7, 11) is 0. The zero-order chi connectivity index (χ0) is 21.0. The summed E-state index contributed by atoms with van der Waals surface area (Å²) in [6.45, 7) is 0. The number of rotatable bonds is 2. The Hall–Kier alpha value is -2.61. The molecule has 1 unspecified atom stereocenters. The maximum atomic E-state index is 12.9. The zero-order valence-corrected chi connectivity index (χ0v) is 17.8. The van der Waals surface area contributed by atoms with Gasteiger partial charge in [-0.05, 0) is 55.4 Å². The van der Waals surface area contributed by atoms with Crippen LogP contribution in [0.4, 0.5) is 5.82 Å². The first-order chi connectivity index (χ1) is 14.4. The molecule has 6 nitrogen and oxygen atoms in total. The fraction of sp³-hybridized carbons (Fsp3) is 0.190. The van der Waals surface area contributed by atoms with Gasteiger partial charge in [-0.2, -0.15) is 0 Å². The van der Waals surface area contributed by atoms with Gasteiger partial charge in [0.05, 0.1) is 16.5 Å². The van der Waals surface area contributed by atoms with E-state index in [-0.39, 0.29) is 16.1 Å². The lowest BCUT2D eigenvalue weighted by atomic mass is 9.79. The Morgan fingerprint density at radius 3 is 2.73 bits per heavy atom. The molecule has 2 aliphatic rings. The molecule has 1 aliphatic heterocycles. The summed E-state index contributed by atoms with van der Waals surface area (Å²) in [5, 5.41) is 4.21. The molecule has 0 saturated heterocycles. The summed E-state index contributed by atoms with van der Waals surface area (Å²) in [5.74, 6) is 0.818. The number of nitrogens with one attached hydrogen (secondary N) is 3. The number of aromatic nitrogens is 2. The van der Waals surface area contributed by atoms with E-state index in [0.29, 0.717) is 56.9 Å². The Labute approximate surface area is 185 Å². The number of carbonyl (C=O) groups excluding carboxylic acids is 1. The van der Waals surface area contributed by atoms with Crippen molar-refractivity contribution in [1.29, 1.82) is 0 Å². The minimum absolute atomic E-state index is 0.0000111. The topological polar surface area (TPSA) is 90.9 Å². The highest BCUT2D eigenvalue weighted by Crippen LogP contribution is 2.44. The van der Waals surface area contributed by atoms with E-state index < -0.39 is 5.92 Å².